The first-order valence-corrected chi connectivity index (χ1v) is 6.20. The van der Waals surface area contributed by atoms with Gasteiger partial charge in [0.05, 0.1) is 0 Å². The summed E-state index contributed by atoms with van der Waals surface area (Å²) in [5, 5.41) is 20.8. The second-order valence-electron chi connectivity index (χ2n) is 4.52. The van der Waals surface area contributed by atoms with Gasteiger partial charge in [-0.25, -0.2) is 0 Å². The first-order chi connectivity index (χ1) is 9.25. The molecule has 2 nitrogen and oxygen atoms in total. The van der Waals surface area contributed by atoms with E-state index < -0.39 is 7.12 Å². The van der Waals surface area contributed by atoms with Crippen molar-refractivity contribution in [3.63, 3.8) is 0 Å². The van der Waals surface area contributed by atoms with Crippen molar-refractivity contribution in [1.29, 1.82) is 0 Å². The highest BCUT2D eigenvalue weighted by Crippen LogP contribution is 2.23. The van der Waals surface area contributed by atoms with Crippen molar-refractivity contribution in [3.05, 3.63) is 66.7 Å². The molecule has 0 atom stereocenters. The van der Waals surface area contributed by atoms with Gasteiger partial charge in [-0.2, -0.15) is 0 Å². The Hall–Kier alpha value is -2.10. The van der Waals surface area contributed by atoms with E-state index in [1.54, 1.807) is 6.07 Å². The maximum absolute atomic E-state index is 9.44. The SMILES string of the molecule is OB(O)c1cccc2ccc(-c3ccccc3)cc12. The summed E-state index contributed by atoms with van der Waals surface area (Å²) in [6.07, 6.45) is 0. The Kier molecular flexibility index (Phi) is 3.07. The summed E-state index contributed by atoms with van der Waals surface area (Å²) in [4.78, 5) is 0. The minimum Gasteiger partial charge on any atom is -0.423 e. The zero-order valence-corrected chi connectivity index (χ0v) is 10.3. The van der Waals surface area contributed by atoms with Crippen LogP contribution in [0.5, 0.6) is 0 Å². The van der Waals surface area contributed by atoms with E-state index in [2.05, 4.69) is 0 Å². The summed E-state index contributed by atoms with van der Waals surface area (Å²) in [5.74, 6) is 0. The van der Waals surface area contributed by atoms with Crippen LogP contribution in [0.15, 0.2) is 66.7 Å². The number of hydrogen-bond acceptors (Lipinski definition) is 2. The van der Waals surface area contributed by atoms with Gasteiger partial charge in [0.25, 0.3) is 0 Å². The van der Waals surface area contributed by atoms with Crippen LogP contribution < -0.4 is 5.46 Å². The van der Waals surface area contributed by atoms with Crippen molar-refractivity contribution in [3.8, 4) is 11.1 Å². The van der Waals surface area contributed by atoms with Gasteiger partial charge < -0.3 is 10.0 Å². The fraction of sp³-hybridized carbons (Fsp3) is 0. The van der Waals surface area contributed by atoms with Crippen molar-refractivity contribution in [2.45, 2.75) is 0 Å². The lowest BCUT2D eigenvalue weighted by Crippen LogP contribution is -2.30. The molecule has 2 N–H and O–H groups in total. The van der Waals surface area contributed by atoms with Gasteiger partial charge in [0.15, 0.2) is 0 Å². The lowest BCUT2D eigenvalue weighted by molar-refractivity contribution is 0.426. The first-order valence-electron chi connectivity index (χ1n) is 6.20. The molecule has 3 heteroatoms. The van der Waals surface area contributed by atoms with Crippen molar-refractivity contribution in [1.82, 2.24) is 0 Å². The van der Waals surface area contributed by atoms with Crippen LogP contribution in [0.4, 0.5) is 0 Å². The van der Waals surface area contributed by atoms with E-state index in [1.807, 2.05) is 60.7 Å². The molecule has 0 heterocycles. The third-order valence-corrected chi connectivity index (χ3v) is 3.30. The quantitative estimate of drug-likeness (QED) is 0.682. The molecule has 19 heavy (non-hydrogen) atoms. The predicted octanol–water partition coefficient (Wildman–Crippen LogP) is 2.19. The average Bonchev–Trinajstić information content (AvgIpc) is 2.47. The molecule has 0 aliphatic heterocycles. The van der Waals surface area contributed by atoms with Crippen molar-refractivity contribution >= 4 is 23.4 Å². The van der Waals surface area contributed by atoms with E-state index in [0.717, 1.165) is 21.9 Å². The average molecular weight is 248 g/mol. The van der Waals surface area contributed by atoms with Gasteiger partial charge in [-0.15, -0.1) is 0 Å². The highest BCUT2D eigenvalue weighted by molar-refractivity contribution is 6.62. The zero-order chi connectivity index (χ0) is 13.2. The Morgan fingerprint density at radius 2 is 1.47 bits per heavy atom. The summed E-state index contributed by atoms with van der Waals surface area (Å²) in [7, 11) is -1.45. The van der Waals surface area contributed by atoms with Crippen LogP contribution in [0.25, 0.3) is 21.9 Å². The van der Waals surface area contributed by atoms with E-state index in [1.165, 1.54) is 0 Å². The van der Waals surface area contributed by atoms with Crippen LogP contribution in [0, 0.1) is 0 Å². The molecule has 0 fully saturated rings. The molecule has 0 spiro atoms. The van der Waals surface area contributed by atoms with E-state index in [0.29, 0.717) is 5.46 Å². The van der Waals surface area contributed by atoms with Gasteiger partial charge in [0, 0.05) is 0 Å². The van der Waals surface area contributed by atoms with Crippen LogP contribution >= 0.6 is 0 Å². The number of rotatable bonds is 2. The lowest BCUT2D eigenvalue weighted by Gasteiger charge is -2.08. The topological polar surface area (TPSA) is 40.5 Å². The molecule has 3 aromatic rings. The normalized spacial score (nSPS) is 10.6. The second kappa shape index (κ2) is 4.88. The highest BCUT2D eigenvalue weighted by Gasteiger charge is 2.14. The van der Waals surface area contributed by atoms with Crippen molar-refractivity contribution in [2.24, 2.45) is 0 Å². The van der Waals surface area contributed by atoms with Gasteiger partial charge in [0.1, 0.15) is 0 Å². The van der Waals surface area contributed by atoms with Gasteiger partial charge in [-0.1, -0.05) is 60.7 Å². The number of hydrogen-bond donors (Lipinski definition) is 2. The van der Waals surface area contributed by atoms with Gasteiger partial charge in [0.2, 0.25) is 0 Å². The molecule has 0 unspecified atom stereocenters. The van der Waals surface area contributed by atoms with Gasteiger partial charge in [-0.05, 0) is 33.4 Å². The Labute approximate surface area is 112 Å². The van der Waals surface area contributed by atoms with E-state index in [-0.39, 0.29) is 0 Å². The van der Waals surface area contributed by atoms with Crippen LogP contribution in [-0.4, -0.2) is 17.2 Å². The highest BCUT2D eigenvalue weighted by atomic mass is 16.4. The van der Waals surface area contributed by atoms with Crippen LogP contribution in [0.1, 0.15) is 0 Å². The zero-order valence-electron chi connectivity index (χ0n) is 10.3. The van der Waals surface area contributed by atoms with Gasteiger partial charge in [-0.3, -0.25) is 0 Å². The fourth-order valence-electron chi connectivity index (χ4n) is 2.33. The molecule has 0 radical (unpaired) electrons. The summed E-state index contributed by atoms with van der Waals surface area (Å²) < 4.78 is 0. The van der Waals surface area contributed by atoms with Crippen LogP contribution in [0.3, 0.4) is 0 Å². The first kappa shape index (κ1) is 12.0. The van der Waals surface area contributed by atoms with Crippen molar-refractivity contribution < 1.29 is 10.0 Å². The summed E-state index contributed by atoms with van der Waals surface area (Å²) in [6, 6.07) is 21.6. The molecule has 0 saturated heterocycles. The predicted molar refractivity (Wildman–Crippen MR) is 79.2 cm³/mol. The van der Waals surface area contributed by atoms with Crippen molar-refractivity contribution in [2.75, 3.05) is 0 Å². The molecular weight excluding hydrogens is 235 g/mol. The molecule has 0 saturated carbocycles. The molecule has 92 valence electrons. The third kappa shape index (κ3) is 2.26. The number of fused-ring (bicyclic) bond motifs is 1. The molecule has 3 rings (SSSR count). The summed E-state index contributed by atoms with van der Waals surface area (Å²) in [5.41, 5.74) is 2.73. The second-order valence-corrected chi connectivity index (χ2v) is 4.52. The minimum atomic E-state index is -1.45. The summed E-state index contributed by atoms with van der Waals surface area (Å²) >= 11 is 0. The monoisotopic (exact) mass is 248 g/mol. The Morgan fingerprint density at radius 1 is 0.684 bits per heavy atom. The standard InChI is InChI=1S/C16H13BO2/c18-17(19)16-8-4-7-13-9-10-14(11-15(13)16)12-5-2-1-3-6-12/h1-11,18-19H. The van der Waals surface area contributed by atoms with Crippen LogP contribution in [-0.2, 0) is 0 Å². The molecule has 0 aliphatic carbocycles. The van der Waals surface area contributed by atoms with Gasteiger partial charge >= 0.3 is 7.12 Å². The fourth-order valence-corrected chi connectivity index (χ4v) is 2.33. The number of benzene rings is 3. The Bertz CT molecular complexity index is 708. The molecule has 0 aliphatic rings. The van der Waals surface area contributed by atoms with E-state index in [4.69, 9.17) is 0 Å². The smallest absolute Gasteiger partial charge is 0.423 e. The Morgan fingerprint density at radius 3 is 2.21 bits per heavy atom. The maximum atomic E-state index is 9.44. The lowest BCUT2D eigenvalue weighted by atomic mass is 9.77. The summed E-state index contributed by atoms with van der Waals surface area (Å²) in [6.45, 7) is 0. The minimum absolute atomic E-state index is 0.537. The molecule has 0 bridgehead atoms. The van der Waals surface area contributed by atoms with E-state index in [9.17, 15) is 10.0 Å². The molecule has 0 amide bonds. The Balaban J connectivity index is 2.22. The van der Waals surface area contributed by atoms with E-state index >= 15 is 0 Å². The molecule has 3 aromatic carbocycles. The van der Waals surface area contributed by atoms with Crippen LogP contribution in [0.2, 0.25) is 0 Å². The molecular formula is C16H13BO2. The third-order valence-electron chi connectivity index (χ3n) is 3.30. The molecule has 0 aromatic heterocycles. The maximum Gasteiger partial charge on any atom is 0.489 e. The largest absolute Gasteiger partial charge is 0.489 e.